The predicted octanol–water partition coefficient (Wildman–Crippen LogP) is 3.39. The summed E-state index contributed by atoms with van der Waals surface area (Å²) in [6.45, 7) is 3.45. The van der Waals surface area contributed by atoms with Crippen LogP contribution >= 0.6 is 11.3 Å². The van der Waals surface area contributed by atoms with Gasteiger partial charge in [0.2, 0.25) is 0 Å². The van der Waals surface area contributed by atoms with Crippen molar-refractivity contribution in [2.24, 2.45) is 0 Å². The van der Waals surface area contributed by atoms with Gasteiger partial charge in [-0.05, 0) is 31.2 Å². The van der Waals surface area contributed by atoms with Crippen molar-refractivity contribution in [3.8, 4) is 0 Å². The summed E-state index contributed by atoms with van der Waals surface area (Å²) >= 11 is 1.23. The van der Waals surface area contributed by atoms with E-state index in [4.69, 9.17) is 4.74 Å². The molecule has 0 bridgehead atoms. The number of rotatable bonds is 5. The first-order valence-corrected chi connectivity index (χ1v) is 10.0. The second-order valence-corrected chi connectivity index (χ2v) is 7.88. The molecular formula is C20H21N3O4S. The van der Waals surface area contributed by atoms with Crippen molar-refractivity contribution in [2.45, 2.75) is 32.4 Å². The molecule has 2 aromatic heterocycles. The molecular weight excluding hydrogens is 378 g/mol. The van der Waals surface area contributed by atoms with Crippen LogP contribution in [-0.4, -0.2) is 40.0 Å². The topological polar surface area (TPSA) is 93.5 Å². The number of aromatic nitrogens is 2. The van der Waals surface area contributed by atoms with Gasteiger partial charge in [0.05, 0.1) is 17.8 Å². The van der Waals surface area contributed by atoms with Crippen molar-refractivity contribution in [3.63, 3.8) is 0 Å². The van der Waals surface area contributed by atoms with Gasteiger partial charge in [-0.15, -0.1) is 11.3 Å². The number of aromatic carboxylic acids is 1. The lowest BCUT2D eigenvalue weighted by atomic mass is 10.1. The minimum Gasteiger partial charge on any atom is -0.477 e. The van der Waals surface area contributed by atoms with Crippen LogP contribution in [0, 0.1) is 6.92 Å². The largest absolute Gasteiger partial charge is 0.477 e. The third-order valence-corrected chi connectivity index (χ3v) is 6.35. The molecule has 0 unspecified atom stereocenters. The Labute approximate surface area is 165 Å². The molecule has 3 heterocycles. The number of hydrogen-bond donors (Lipinski definition) is 2. The summed E-state index contributed by atoms with van der Waals surface area (Å²) in [5.41, 5.74) is 1.97. The van der Waals surface area contributed by atoms with Crippen LogP contribution in [0.3, 0.4) is 0 Å². The summed E-state index contributed by atoms with van der Waals surface area (Å²) in [5, 5.41) is 17.7. The number of thiophene rings is 1. The smallest absolute Gasteiger partial charge is 0.346 e. The second-order valence-electron chi connectivity index (χ2n) is 6.83. The maximum atomic E-state index is 12.7. The maximum absolute atomic E-state index is 12.7. The van der Waals surface area contributed by atoms with Gasteiger partial charge in [-0.25, -0.2) is 4.79 Å². The van der Waals surface area contributed by atoms with Crippen molar-refractivity contribution >= 4 is 33.3 Å². The van der Waals surface area contributed by atoms with Crippen molar-refractivity contribution in [1.29, 1.82) is 0 Å². The van der Waals surface area contributed by atoms with Crippen LogP contribution in [0.5, 0.6) is 0 Å². The molecule has 0 saturated carbocycles. The zero-order chi connectivity index (χ0) is 19.7. The van der Waals surface area contributed by atoms with Crippen molar-refractivity contribution in [3.05, 3.63) is 52.2 Å². The highest BCUT2D eigenvalue weighted by Crippen LogP contribution is 2.31. The number of fused-ring (bicyclic) bond motifs is 1. The number of carbonyl (C=O) groups excluding carboxylic acids is 1. The van der Waals surface area contributed by atoms with Crippen LogP contribution < -0.4 is 5.32 Å². The Kier molecular flexibility index (Phi) is 5.15. The van der Waals surface area contributed by atoms with Gasteiger partial charge in [-0.3, -0.25) is 9.48 Å². The summed E-state index contributed by atoms with van der Waals surface area (Å²) in [6, 6.07) is 7.76. The first kappa shape index (κ1) is 18.6. The van der Waals surface area contributed by atoms with Crippen molar-refractivity contribution < 1.29 is 19.4 Å². The molecule has 1 saturated heterocycles. The minimum absolute atomic E-state index is 0.159. The molecule has 1 fully saturated rings. The van der Waals surface area contributed by atoms with E-state index in [0.717, 1.165) is 28.6 Å². The summed E-state index contributed by atoms with van der Waals surface area (Å²) < 4.78 is 8.19. The first-order chi connectivity index (χ1) is 13.6. The number of amides is 1. The van der Waals surface area contributed by atoms with Crippen molar-refractivity contribution in [2.75, 3.05) is 13.2 Å². The Morgan fingerprint density at radius 2 is 2.07 bits per heavy atom. The van der Waals surface area contributed by atoms with E-state index in [1.54, 1.807) is 6.20 Å². The van der Waals surface area contributed by atoms with Crippen molar-refractivity contribution in [1.82, 2.24) is 15.1 Å². The molecule has 1 aliphatic rings. The van der Waals surface area contributed by atoms with Gasteiger partial charge in [-0.1, -0.05) is 18.2 Å². The molecule has 1 aromatic carbocycles. The molecule has 146 valence electrons. The molecule has 0 spiro atoms. The van der Waals surface area contributed by atoms with Crippen LogP contribution in [0.4, 0.5) is 0 Å². The highest BCUT2D eigenvalue weighted by Gasteiger charge is 2.23. The van der Waals surface area contributed by atoms with Gasteiger partial charge in [-0.2, -0.15) is 5.10 Å². The van der Waals surface area contributed by atoms with E-state index in [1.165, 1.54) is 11.3 Å². The number of carbonyl (C=O) groups is 2. The molecule has 28 heavy (non-hydrogen) atoms. The van der Waals surface area contributed by atoms with Gasteiger partial charge in [0, 0.05) is 35.7 Å². The van der Waals surface area contributed by atoms with E-state index < -0.39 is 5.97 Å². The Morgan fingerprint density at radius 3 is 2.82 bits per heavy atom. The summed E-state index contributed by atoms with van der Waals surface area (Å²) in [7, 11) is 0. The fraction of sp³-hybridized carbons (Fsp3) is 0.350. The van der Waals surface area contributed by atoms with E-state index >= 15 is 0 Å². The SMILES string of the molecule is Cc1c(C(=O)NCc2c(C(=O)O)sc3ccccc23)cnn1C1CCOCC1. The predicted molar refractivity (Wildman–Crippen MR) is 106 cm³/mol. The number of hydrogen-bond acceptors (Lipinski definition) is 5. The normalized spacial score (nSPS) is 15.0. The summed E-state index contributed by atoms with van der Waals surface area (Å²) in [6.07, 6.45) is 3.35. The lowest BCUT2D eigenvalue weighted by molar-refractivity contribution is 0.0656. The molecule has 0 radical (unpaired) electrons. The molecule has 3 aromatic rings. The fourth-order valence-corrected chi connectivity index (χ4v) is 4.72. The van der Waals surface area contributed by atoms with E-state index in [0.29, 0.717) is 24.3 Å². The minimum atomic E-state index is -0.978. The monoisotopic (exact) mass is 399 g/mol. The molecule has 8 heteroatoms. The fourth-order valence-electron chi connectivity index (χ4n) is 3.66. The Morgan fingerprint density at radius 1 is 1.32 bits per heavy atom. The first-order valence-electron chi connectivity index (χ1n) is 9.20. The lowest BCUT2D eigenvalue weighted by Gasteiger charge is -2.23. The van der Waals surface area contributed by atoms with E-state index in [-0.39, 0.29) is 23.4 Å². The number of carboxylic acid groups (broad SMARTS) is 1. The highest BCUT2D eigenvalue weighted by molar-refractivity contribution is 7.21. The average molecular weight is 399 g/mol. The molecule has 2 N–H and O–H groups in total. The lowest BCUT2D eigenvalue weighted by Crippen LogP contribution is -2.25. The Bertz CT molecular complexity index is 1030. The molecule has 4 rings (SSSR count). The number of ether oxygens (including phenoxy) is 1. The molecule has 0 aliphatic carbocycles. The summed E-state index contributed by atoms with van der Waals surface area (Å²) in [4.78, 5) is 24.6. The third kappa shape index (κ3) is 3.41. The zero-order valence-corrected chi connectivity index (χ0v) is 16.3. The van der Waals surface area contributed by atoms with Gasteiger partial charge in [0.25, 0.3) is 5.91 Å². The number of benzene rings is 1. The van der Waals surface area contributed by atoms with E-state index in [9.17, 15) is 14.7 Å². The van der Waals surface area contributed by atoms with Crippen LogP contribution in [0.25, 0.3) is 10.1 Å². The van der Waals surface area contributed by atoms with Gasteiger partial charge in [0.15, 0.2) is 0 Å². The quantitative estimate of drug-likeness (QED) is 0.686. The number of nitrogens with one attached hydrogen (secondary N) is 1. The molecule has 1 aliphatic heterocycles. The standard InChI is InChI=1S/C20H21N3O4S/c1-12-15(11-22-23(12)13-6-8-27-9-7-13)19(24)21-10-16-14-4-2-3-5-17(14)28-18(16)20(25)26/h2-5,11,13H,6-10H2,1H3,(H,21,24)(H,25,26). The van der Waals surface area contributed by atoms with E-state index in [2.05, 4.69) is 10.4 Å². The van der Waals surface area contributed by atoms with E-state index in [1.807, 2.05) is 35.9 Å². The highest BCUT2D eigenvalue weighted by atomic mass is 32.1. The molecule has 7 nitrogen and oxygen atoms in total. The molecule has 0 atom stereocenters. The third-order valence-electron chi connectivity index (χ3n) is 5.14. The number of nitrogens with zero attached hydrogens (tertiary/aromatic N) is 2. The van der Waals surface area contributed by atoms with Crippen LogP contribution in [0.2, 0.25) is 0 Å². The Hall–Kier alpha value is -2.71. The van der Waals surface area contributed by atoms with Crippen LogP contribution in [0.15, 0.2) is 30.5 Å². The van der Waals surface area contributed by atoms with Gasteiger partial charge in [0.1, 0.15) is 4.88 Å². The average Bonchev–Trinajstić information content (AvgIpc) is 3.27. The Balaban J connectivity index is 1.54. The van der Waals surface area contributed by atoms with Crippen LogP contribution in [0.1, 0.15) is 50.2 Å². The van der Waals surface area contributed by atoms with Crippen LogP contribution in [-0.2, 0) is 11.3 Å². The van der Waals surface area contributed by atoms with Gasteiger partial charge >= 0.3 is 5.97 Å². The maximum Gasteiger partial charge on any atom is 0.346 e. The molecule has 1 amide bonds. The summed E-state index contributed by atoms with van der Waals surface area (Å²) in [5.74, 6) is -1.23. The number of carboxylic acids is 1. The zero-order valence-electron chi connectivity index (χ0n) is 15.5. The second kappa shape index (κ2) is 7.73. The van der Waals surface area contributed by atoms with Gasteiger partial charge < -0.3 is 15.2 Å².